The van der Waals surface area contributed by atoms with Crippen molar-refractivity contribution in [3.05, 3.63) is 123 Å². The predicted molar refractivity (Wildman–Crippen MR) is 227 cm³/mol. The molecule has 1 aliphatic carbocycles. The van der Waals surface area contributed by atoms with E-state index in [1.165, 1.54) is 6.08 Å². The van der Waals surface area contributed by atoms with Crippen molar-refractivity contribution in [2.75, 3.05) is 52.9 Å². The highest BCUT2D eigenvalue weighted by Gasteiger charge is 2.27. The highest BCUT2D eigenvalue weighted by molar-refractivity contribution is 5.90. The monoisotopic (exact) mass is 862 g/mol. The normalized spacial score (nSPS) is 15.3. The van der Waals surface area contributed by atoms with Crippen molar-refractivity contribution < 1.29 is 71.3 Å². The summed E-state index contributed by atoms with van der Waals surface area (Å²) >= 11 is 0. The van der Waals surface area contributed by atoms with Crippen molar-refractivity contribution in [3.63, 3.8) is 0 Å². The summed E-state index contributed by atoms with van der Waals surface area (Å²) in [5, 5.41) is 0. The molecule has 62 heavy (non-hydrogen) atoms. The lowest BCUT2D eigenvalue weighted by Gasteiger charge is -2.28. The lowest BCUT2D eigenvalue weighted by Crippen LogP contribution is -2.30. The highest BCUT2D eigenvalue weighted by Crippen LogP contribution is 2.26. The molecule has 0 N–H and O–H groups in total. The van der Waals surface area contributed by atoms with Crippen molar-refractivity contribution in [2.45, 2.75) is 75.8 Å². The van der Waals surface area contributed by atoms with Gasteiger partial charge in [0.05, 0.1) is 37.6 Å². The topological polar surface area (TPSA) is 178 Å². The van der Waals surface area contributed by atoms with Gasteiger partial charge in [0.2, 0.25) is 0 Å². The number of unbranched alkanes of at least 4 members (excludes halogenated alkanes) is 2. The zero-order valence-corrected chi connectivity index (χ0v) is 35.2. The van der Waals surface area contributed by atoms with E-state index in [4.69, 9.17) is 47.4 Å². The third-order valence-corrected chi connectivity index (χ3v) is 9.01. The summed E-state index contributed by atoms with van der Waals surface area (Å²) in [6.45, 7) is 19.4. The number of hydrogen-bond donors (Lipinski definition) is 0. The molecule has 0 amide bonds. The fraction of sp³-hybridized carbons (Fsp3) is 0.426. The van der Waals surface area contributed by atoms with E-state index in [9.17, 15) is 24.0 Å². The Hall–Kier alpha value is -6.19. The third-order valence-electron chi connectivity index (χ3n) is 9.01. The van der Waals surface area contributed by atoms with Crippen LogP contribution in [0.2, 0.25) is 0 Å². The molecule has 3 rings (SSSR count). The first-order valence-corrected chi connectivity index (χ1v) is 20.5. The highest BCUT2D eigenvalue weighted by atomic mass is 16.6. The first-order valence-electron chi connectivity index (χ1n) is 20.5. The minimum atomic E-state index is -0.716. The molecule has 336 valence electrons. The van der Waals surface area contributed by atoms with E-state index in [1.807, 2.05) is 0 Å². The molecule has 0 spiro atoms. The van der Waals surface area contributed by atoms with Crippen LogP contribution in [-0.2, 0) is 52.3 Å². The van der Waals surface area contributed by atoms with E-state index in [0.29, 0.717) is 93.0 Å². The van der Waals surface area contributed by atoms with E-state index in [2.05, 4.69) is 32.9 Å². The average molecular weight is 863 g/mol. The average Bonchev–Trinajstić information content (AvgIpc) is 3.29. The van der Waals surface area contributed by atoms with Gasteiger partial charge in [0.1, 0.15) is 42.7 Å². The minimum Gasteiger partial charge on any atom is -0.490 e. The van der Waals surface area contributed by atoms with Crippen molar-refractivity contribution in [2.24, 2.45) is 0 Å². The van der Waals surface area contributed by atoms with Crippen LogP contribution in [0.1, 0.15) is 72.1 Å². The zero-order chi connectivity index (χ0) is 45.0. The fourth-order valence-corrected chi connectivity index (χ4v) is 5.67. The van der Waals surface area contributed by atoms with Crippen molar-refractivity contribution in [1.82, 2.24) is 0 Å². The molecular weight excluding hydrogens is 805 g/mol. The summed E-state index contributed by atoms with van der Waals surface area (Å²) in [6.07, 6.45) is 7.61. The van der Waals surface area contributed by atoms with Gasteiger partial charge in [-0.2, -0.15) is 0 Å². The van der Waals surface area contributed by atoms with Crippen molar-refractivity contribution >= 4 is 29.8 Å². The van der Waals surface area contributed by atoms with Crippen LogP contribution >= 0.6 is 0 Å². The molecule has 0 bridgehead atoms. The zero-order valence-electron chi connectivity index (χ0n) is 35.2. The van der Waals surface area contributed by atoms with Crippen molar-refractivity contribution in [3.8, 4) is 11.5 Å². The van der Waals surface area contributed by atoms with E-state index < -0.39 is 42.1 Å². The number of rotatable bonds is 31. The molecular formula is C47H58O15. The quantitative estimate of drug-likeness (QED) is 0.0189. The van der Waals surface area contributed by atoms with Crippen LogP contribution in [0.15, 0.2) is 111 Å². The second-order valence-electron chi connectivity index (χ2n) is 13.9. The van der Waals surface area contributed by atoms with E-state index in [-0.39, 0.29) is 51.8 Å². The molecule has 0 heterocycles. The van der Waals surface area contributed by atoms with Gasteiger partial charge < -0.3 is 47.4 Å². The van der Waals surface area contributed by atoms with Gasteiger partial charge in [-0.15, -0.1) is 0 Å². The lowest BCUT2D eigenvalue weighted by atomic mass is 9.95. The molecule has 0 aromatic heterocycles. The Kier molecular flexibility index (Phi) is 23.6. The Balaban J connectivity index is 1.36. The first-order chi connectivity index (χ1) is 30.0. The van der Waals surface area contributed by atoms with Crippen LogP contribution in [0.5, 0.6) is 11.5 Å². The molecule has 0 saturated heterocycles. The molecule has 15 nitrogen and oxygen atoms in total. The largest absolute Gasteiger partial charge is 0.490 e. The van der Waals surface area contributed by atoms with Crippen LogP contribution in [0, 0.1) is 0 Å². The third kappa shape index (κ3) is 20.4. The van der Waals surface area contributed by atoms with E-state index >= 15 is 0 Å². The van der Waals surface area contributed by atoms with Crippen LogP contribution in [0.3, 0.4) is 0 Å². The van der Waals surface area contributed by atoms with Gasteiger partial charge in [0.25, 0.3) is 0 Å². The first kappa shape index (κ1) is 50.2. The molecule has 1 saturated carbocycles. The Morgan fingerprint density at radius 3 is 1.29 bits per heavy atom. The predicted octanol–water partition coefficient (Wildman–Crippen LogP) is 7.00. The Morgan fingerprint density at radius 2 is 0.903 bits per heavy atom. The van der Waals surface area contributed by atoms with Crippen LogP contribution in [0.25, 0.3) is 0 Å². The van der Waals surface area contributed by atoms with Crippen LogP contribution < -0.4 is 9.47 Å². The molecule has 2 aromatic carbocycles. The number of benzene rings is 2. The van der Waals surface area contributed by atoms with E-state index in [0.717, 1.165) is 18.2 Å². The number of carbonyl (C=O) groups excluding carboxylic acids is 5. The number of allylic oxidation sites excluding steroid dienone is 1. The van der Waals surface area contributed by atoms with Crippen LogP contribution in [0.4, 0.5) is 0 Å². The van der Waals surface area contributed by atoms with Gasteiger partial charge in [-0.1, -0.05) is 32.9 Å². The maximum absolute atomic E-state index is 12.9. The molecule has 1 aliphatic rings. The summed E-state index contributed by atoms with van der Waals surface area (Å²) in [7, 11) is 0. The minimum absolute atomic E-state index is 0.00301. The maximum atomic E-state index is 12.9. The molecule has 1 fully saturated rings. The fourth-order valence-electron chi connectivity index (χ4n) is 5.67. The van der Waals surface area contributed by atoms with Gasteiger partial charge >= 0.3 is 29.8 Å². The smallest absolute Gasteiger partial charge is 0.338 e. The number of hydrogen-bond acceptors (Lipinski definition) is 15. The summed E-state index contributed by atoms with van der Waals surface area (Å²) < 4.78 is 55.5. The molecule has 0 aliphatic heterocycles. The molecule has 15 heteroatoms. The summed E-state index contributed by atoms with van der Waals surface area (Å²) in [5.74, 6) is -1.17. The summed E-state index contributed by atoms with van der Waals surface area (Å²) in [6, 6.07) is 13.0. The second kappa shape index (κ2) is 29.1. The van der Waals surface area contributed by atoms with Gasteiger partial charge in [-0.05, 0) is 106 Å². The number of ether oxygens (including phenoxy) is 10. The standard InChI is InChI=1S/C47H58O15/c1-6-34(5)59-41(30-53-26-10-12-28-55-43(48)7-2)32-57-37-18-14-35(15-19-37)46(51)61-39-22-24-40(25-23-39)62-47(52)36-16-20-38(21-17-36)58-33-42(60-45(50)9-4)31-54-27-11-13-29-56-44(49)8-3/h6-9,14-21,39-42H,1-5,10-13,22-33H2. The van der Waals surface area contributed by atoms with Gasteiger partial charge in [0, 0.05) is 31.4 Å². The summed E-state index contributed by atoms with van der Waals surface area (Å²) in [5.41, 5.74) is 0.707. The van der Waals surface area contributed by atoms with Crippen molar-refractivity contribution in [1.29, 1.82) is 0 Å². The molecule has 2 atom stereocenters. The van der Waals surface area contributed by atoms with Crippen LogP contribution in [-0.4, -0.2) is 107 Å². The maximum Gasteiger partial charge on any atom is 0.338 e. The SMILES string of the molecule is C=CC(=C)OC(COCCCCOC(=O)C=C)COc1ccc(C(=O)OC2CCC(OC(=O)c3ccc(OCC(COCCCCOC(=O)C=C)OC(=O)C=C)cc3)CC2)cc1. The number of carbonyl (C=O) groups is 5. The number of esters is 5. The van der Waals surface area contributed by atoms with Gasteiger partial charge in [-0.25, -0.2) is 24.0 Å². The van der Waals surface area contributed by atoms with E-state index in [1.54, 1.807) is 48.5 Å². The molecule has 2 unspecified atom stereocenters. The Labute approximate surface area is 363 Å². The lowest BCUT2D eigenvalue weighted by molar-refractivity contribution is -0.148. The Morgan fingerprint density at radius 1 is 0.516 bits per heavy atom. The Bertz CT molecular complexity index is 1630. The summed E-state index contributed by atoms with van der Waals surface area (Å²) in [4.78, 5) is 60.0. The van der Waals surface area contributed by atoms with Gasteiger partial charge in [0.15, 0.2) is 12.2 Å². The van der Waals surface area contributed by atoms with Gasteiger partial charge in [-0.3, -0.25) is 0 Å². The molecule has 0 radical (unpaired) electrons. The molecule has 2 aromatic rings. The second-order valence-corrected chi connectivity index (χ2v) is 13.9.